The van der Waals surface area contributed by atoms with Gasteiger partial charge in [0.1, 0.15) is 0 Å². The normalized spacial score (nSPS) is 15.8. The molecule has 2 nitrogen and oxygen atoms in total. The summed E-state index contributed by atoms with van der Waals surface area (Å²) in [6.07, 6.45) is 0. The van der Waals surface area contributed by atoms with Crippen LogP contribution in [0, 0.1) is 0 Å². The molecule has 4 heterocycles. The van der Waals surface area contributed by atoms with Crippen molar-refractivity contribution in [3.8, 4) is 11.4 Å². The van der Waals surface area contributed by atoms with E-state index in [1.165, 1.54) is 110 Å². The van der Waals surface area contributed by atoms with Crippen molar-refractivity contribution in [1.82, 2.24) is 9.13 Å². The Morgan fingerprint density at radius 3 is 1.27 bits per heavy atom. The smallest absolute Gasteiger partial charge is 0.0582 e. The molecule has 0 saturated carbocycles. The summed E-state index contributed by atoms with van der Waals surface area (Å²) in [5.74, 6) is 0. The second kappa shape index (κ2) is 7.91. The fraction of sp³-hybridized carbons (Fsp3) is 0.130. The average Bonchev–Trinajstić information content (AvgIpc) is 3.62. The van der Waals surface area contributed by atoms with Crippen molar-refractivity contribution in [2.24, 2.45) is 0 Å². The minimum atomic E-state index is -0.172. The first kappa shape index (κ1) is 25.5. The van der Waals surface area contributed by atoms with E-state index in [0.29, 0.717) is 0 Å². The molecule has 0 unspecified atom stereocenters. The SMILES string of the molecule is CC1(C)c2c(cc3ccc4cc5c(c6ccc2c3c46)C(C)(C)c2cccc3c4ccccc4n-5c23)-n2c3ccccc3c3cccc1c32. The molecule has 226 valence electrons. The van der Waals surface area contributed by atoms with Gasteiger partial charge in [-0.3, -0.25) is 0 Å². The molecule has 48 heavy (non-hydrogen) atoms. The van der Waals surface area contributed by atoms with E-state index in [1.54, 1.807) is 0 Å². The zero-order valence-corrected chi connectivity index (χ0v) is 27.4. The predicted octanol–water partition coefficient (Wildman–Crippen LogP) is 12.1. The first-order valence-electron chi connectivity index (χ1n) is 17.2. The monoisotopic (exact) mass is 612 g/mol. The highest BCUT2D eigenvalue weighted by molar-refractivity contribution is 6.27. The molecule has 2 heteroatoms. The quantitative estimate of drug-likeness (QED) is 0.151. The fourth-order valence-electron chi connectivity index (χ4n) is 10.4. The maximum Gasteiger partial charge on any atom is 0.0582 e. The summed E-state index contributed by atoms with van der Waals surface area (Å²) < 4.78 is 5.11. The van der Waals surface area contributed by atoms with Crippen LogP contribution in [0.15, 0.2) is 121 Å². The highest BCUT2D eigenvalue weighted by Crippen LogP contribution is 2.55. The van der Waals surface area contributed by atoms with Gasteiger partial charge in [-0.1, -0.05) is 125 Å². The van der Waals surface area contributed by atoms with E-state index in [-0.39, 0.29) is 10.8 Å². The Bertz CT molecular complexity index is 2900. The van der Waals surface area contributed by atoms with Crippen molar-refractivity contribution in [3.63, 3.8) is 0 Å². The maximum absolute atomic E-state index is 2.55. The van der Waals surface area contributed by atoms with Crippen LogP contribution in [0.4, 0.5) is 0 Å². The van der Waals surface area contributed by atoms with Gasteiger partial charge in [-0.25, -0.2) is 0 Å². The van der Waals surface area contributed by atoms with Crippen molar-refractivity contribution >= 4 is 75.9 Å². The molecule has 8 aromatic carbocycles. The summed E-state index contributed by atoms with van der Waals surface area (Å²) in [6.45, 7) is 9.73. The summed E-state index contributed by atoms with van der Waals surface area (Å²) in [5, 5.41) is 13.5. The summed E-state index contributed by atoms with van der Waals surface area (Å²) in [4.78, 5) is 0. The third kappa shape index (κ3) is 2.63. The van der Waals surface area contributed by atoms with Crippen LogP contribution >= 0.6 is 0 Å². The van der Waals surface area contributed by atoms with Gasteiger partial charge in [0.2, 0.25) is 0 Å². The number of fused-ring (bicyclic) bond motifs is 12. The molecule has 10 aromatic rings. The highest BCUT2D eigenvalue weighted by Gasteiger charge is 2.40. The molecular formula is C46H32N2. The van der Waals surface area contributed by atoms with Crippen molar-refractivity contribution in [2.75, 3.05) is 0 Å². The number of benzene rings is 8. The summed E-state index contributed by atoms with van der Waals surface area (Å²) in [6, 6.07) is 46.3. The molecule has 2 aliphatic rings. The van der Waals surface area contributed by atoms with Crippen molar-refractivity contribution in [1.29, 1.82) is 0 Å². The first-order chi connectivity index (χ1) is 23.4. The molecule has 0 N–H and O–H groups in total. The molecular weight excluding hydrogens is 581 g/mol. The van der Waals surface area contributed by atoms with E-state index >= 15 is 0 Å². The molecule has 0 bridgehead atoms. The third-order valence-corrected chi connectivity index (χ3v) is 12.3. The van der Waals surface area contributed by atoms with Crippen LogP contribution in [-0.2, 0) is 10.8 Å². The first-order valence-corrected chi connectivity index (χ1v) is 17.2. The number of hydrogen-bond acceptors (Lipinski definition) is 0. The summed E-state index contributed by atoms with van der Waals surface area (Å²) in [7, 11) is 0. The van der Waals surface area contributed by atoms with Gasteiger partial charge in [0.05, 0.1) is 33.4 Å². The van der Waals surface area contributed by atoms with E-state index in [9.17, 15) is 0 Å². The Kier molecular flexibility index (Phi) is 4.20. The maximum atomic E-state index is 2.55. The Morgan fingerprint density at radius 1 is 0.396 bits per heavy atom. The van der Waals surface area contributed by atoms with E-state index in [2.05, 4.69) is 158 Å². The summed E-state index contributed by atoms with van der Waals surface area (Å²) in [5.41, 5.74) is 13.2. The Labute approximate surface area is 277 Å². The lowest BCUT2D eigenvalue weighted by atomic mass is 9.70. The molecule has 0 atom stereocenters. The lowest BCUT2D eigenvalue weighted by Crippen LogP contribution is -2.27. The van der Waals surface area contributed by atoms with Gasteiger partial charge in [0.25, 0.3) is 0 Å². The van der Waals surface area contributed by atoms with E-state index in [0.717, 1.165) is 0 Å². The van der Waals surface area contributed by atoms with Crippen LogP contribution in [0.3, 0.4) is 0 Å². The number of hydrogen-bond donors (Lipinski definition) is 0. The number of aromatic nitrogens is 2. The van der Waals surface area contributed by atoms with Crippen LogP contribution in [0.25, 0.3) is 87.3 Å². The van der Waals surface area contributed by atoms with Gasteiger partial charge in [0, 0.05) is 32.4 Å². The molecule has 2 aromatic heterocycles. The van der Waals surface area contributed by atoms with Crippen LogP contribution in [0.5, 0.6) is 0 Å². The second-order valence-corrected chi connectivity index (χ2v) is 15.3. The number of para-hydroxylation sites is 4. The highest BCUT2D eigenvalue weighted by atomic mass is 15.0. The van der Waals surface area contributed by atoms with E-state index in [1.807, 2.05) is 0 Å². The van der Waals surface area contributed by atoms with Gasteiger partial charge in [-0.15, -0.1) is 0 Å². The lowest BCUT2D eigenvalue weighted by Gasteiger charge is -2.38. The van der Waals surface area contributed by atoms with Crippen molar-refractivity contribution in [2.45, 2.75) is 38.5 Å². The van der Waals surface area contributed by atoms with Crippen molar-refractivity contribution in [3.05, 3.63) is 144 Å². The second-order valence-electron chi connectivity index (χ2n) is 15.3. The third-order valence-electron chi connectivity index (χ3n) is 12.3. The minimum absolute atomic E-state index is 0.172. The minimum Gasteiger partial charge on any atom is -0.309 e. The molecule has 0 radical (unpaired) electrons. The standard InChI is InChI=1S/C46H32N2/c1-45(2)33-15-9-13-29-27-11-5-7-17-35(27)47(43(29)33)37-23-25-19-20-26-24-38-42(32-22-21-31(41(37)45)39(25)40(26)32)46(3,4)34-16-10-14-30-28-12-6-8-18-36(28)48(38)44(30)34/h5-24H,1-4H3. The van der Waals surface area contributed by atoms with Gasteiger partial charge < -0.3 is 9.13 Å². The van der Waals surface area contributed by atoms with Crippen molar-refractivity contribution < 1.29 is 0 Å². The van der Waals surface area contributed by atoms with Crippen LogP contribution in [0.1, 0.15) is 49.9 Å². The zero-order valence-electron chi connectivity index (χ0n) is 27.4. The molecule has 0 fully saturated rings. The predicted molar refractivity (Wildman–Crippen MR) is 203 cm³/mol. The van der Waals surface area contributed by atoms with Crippen LogP contribution in [0.2, 0.25) is 0 Å². The van der Waals surface area contributed by atoms with Gasteiger partial charge in [-0.05, 0) is 78.8 Å². The average molecular weight is 613 g/mol. The van der Waals surface area contributed by atoms with Gasteiger partial charge in [-0.2, -0.15) is 0 Å². The lowest BCUT2D eigenvalue weighted by molar-refractivity contribution is 0.636. The zero-order chi connectivity index (χ0) is 31.8. The number of nitrogens with zero attached hydrogens (tertiary/aromatic N) is 2. The van der Waals surface area contributed by atoms with Gasteiger partial charge in [0.15, 0.2) is 0 Å². The topological polar surface area (TPSA) is 9.86 Å². The molecule has 12 rings (SSSR count). The van der Waals surface area contributed by atoms with Crippen LogP contribution < -0.4 is 0 Å². The number of rotatable bonds is 0. The largest absolute Gasteiger partial charge is 0.309 e. The molecule has 0 aliphatic carbocycles. The van der Waals surface area contributed by atoms with Gasteiger partial charge >= 0.3 is 0 Å². The van der Waals surface area contributed by atoms with Crippen LogP contribution in [-0.4, -0.2) is 9.13 Å². The fourth-order valence-corrected chi connectivity index (χ4v) is 10.4. The molecule has 0 amide bonds. The summed E-state index contributed by atoms with van der Waals surface area (Å²) >= 11 is 0. The Morgan fingerprint density at radius 2 is 0.812 bits per heavy atom. The Hall–Kier alpha value is -5.60. The van der Waals surface area contributed by atoms with E-state index < -0.39 is 0 Å². The van der Waals surface area contributed by atoms with E-state index in [4.69, 9.17) is 0 Å². The molecule has 0 saturated heterocycles. The molecule has 2 aliphatic heterocycles. The molecule has 0 spiro atoms. The Balaban J connectivity index is 1.26.